The zero-order valence-electron chi connectivity index (χ0n) is 17.3. The summed E-state index contributed by atoms with van der Waals surface area (Å²) in [5.74, 6) is -0.854. The van der Waals surface area contributed by atoms with Gasteiger partial charge in [0.1, 0.15) is 5.25 Å². The van der Waals surface area contributed by atoms with Gasteiger partial charge in [0.2, 0.25) is 5.91 Å². The highest BCUT2D eigenvalue weighted by Gasteiger charge is 2.33. The topological polar surface area (TPSA) is 90.9 Å². The lowest BCUT2D eigenvalue weighted by Gasteiger charge is -2.27. The van der Waals surface area contributed by atoms with Crippen molar-refractivity contribution in [2.24, 2.45) is 4.99 Å². The van der Waals surface area contributed by atoms with Gasteiger partial charge in [-0.3, -0.25) is 14.4 Å². The second-order valence-electron chi connectivity index (χ2n) is 7.68. The molecule has 0 aliphatic carbocycles. The predicted octanol–water partition coefficient (Wildman–Crippen LogP) is 4.40. The van der Waals surface area contributed by atoms with Gasteiger partial charge < -0.3 is 15.5 Å². The standard InChI is InChI=1S/C23H23ClN4O3S/c24-16-7-9-17(10-8-16)26-21(30)15-5-4-6-18(13-15)25-20(29)14-19-22(31)27-23(32-19)28-11-2-1-3-12-28/h4-10,13,19H,1-3,11-12,14H2,(H,25,29)(H,26,30)/t19-/m0/s1. The number of hydrogen-bond acceptors (Lipinski definition) is 5. The summed E-state index contributed by atoms with van der Waals surface area (Å²) in [5.41, 5.74) is 1.52. The zero-order valence-corrected chi connectivity index (χ0v) is 18.9. The maximum Gasteiger partial charge on any atom is 0.262 e. The van der Waals surface area contributed by atoms with Gasteiger partial charge in [0.15, 0.2) is 5.17 Å². The molecule has 2 aliphatic heterocycles. The van der Waals surface area contributed by atoms with Crippen LogP contribution in [0.3, 0.4) is 0 Å². The summed E-state index contributed by atoms with van der Waals surface area (Å²) in [6, 6.07) is 13.5. The lowest BCUT2D eigenvalue weighted by atomic mass is 10.1. The van der Waals surface area contributed by atoms with Crippen LogP contribution in [0.5, 0.6) is 0 Å². The van der Waals surface area contributed by atoms with Gasteiger partial charge in [-0.05, 0) is 61.7 Å². The number of piperidine rings is 1. The number of carbonyl (C=O) groups excluding carboxylic acids is 3. The van der Waals surface area contributed by atoms with Gasteiger partial charge in [-0.1, -0.05) is 29.4 Å². The Kier molecular flexibility index (Phi) is 7.12. The summed E-state index contributed by atoms with van der Waals surface area (Å²) in [5, 5.41) is 6.37. The van der Waals surface area contributed by atoms with Crippen molar-refractivity contribution in [1.82, 2.24) is 4.90 Å². The zero-order chi connectivity index (χ0) is 22.5. The third-order valence-electron chi connectivity index (χ3n) is 5.24. The molecule has 2 aliphatic rings. The van der Waals surface area contributed by atoms with Crippen molar-refractivity contribution in [3.05, 3.63) is 59.1 Å². The normalized spacial score (nSPS) is 18.3. The number of carbonyl (C=O) groups is 3. The van der Waals surface area contributed by atoms with E-state index in [1.54, 1.807) is 48.5 Å². The van der Waals surface area contributed by atoms with Crippen molar-refractivity contribution in [1.29, 1.82) is 0 Å². The van der Waals surface area contributed by atoms with E-state index in [0.717, 1.165) is 31.1 Å². The van der Waals surface area contributed by atoms with Crippen molar-refractivity contribution >= 4 is 57.6 Å². The van der Waals surface area contributed by atoms with E-state index in [1.165, 1.54) is 18.2 Å². The highest BCUT2D eigenvalue weighted by molar-refractivity contribution is 8.15. The number of thioether (sulfide) groups is 1. The van der Waals surface area contributed by atoms with Crippen molar-refractivity contribution in [2.45, 2.75) is 30.9 Å². The molecule has 0 aromatic heterocycles. The fraction of sp³-hybridized carbons (Fsp3) is 0.304. The molecule has 0 bridgehead atoms. The van der Waals surface area contributed by atoms with E-state index in [9.17, 15) is 14.4 Å². The second kappa shape index (κ2) is 10.2. The van der Waals surface area contributed by atoms with E-state index in [1.807, 2.05) is 0 Å². The quantitative estimate of drug-likeness (QED) is 0.675. The van der Waals surface area contributed by atoms with Gasteiger partial charge in [0, 0.05) is 41.5 Å². The van der Waals surface area contributed by atoms with Crippen LogP contribution in [0.2, 0.25) is 5.02 Å². The van der Waals surface area contributed by atoms with E-state index >= 15 is 0 Å². The van der Waals surface area contributed by atoms with E-state index in [0.29, 0.717) is 22.0 Å². The molecule has 7 nitrogen and oxygen atoms in total. The van der Waals surface area contributed by atoms with Crippen molar-refractivity contribution in [3.8, 4) is 0 Å². The minimum Gasteiger partial charge on any atom is -0.351 e. The Morgan fingerprint density at radius 2 is 1.78 bits per heavy atom. The van der Waals surface area contributed by atoms with E-state index in [2.05, 4.69) is 20.5 Å². The van der Waals surface area contributed by atoms with Crippen LogP contribution in [0.15, 0.2) is 53.5 Å². The molecule has 0 saturated carbocycles. The highest BCUT2D eigenvalue weighted by Crippen LogP contribution is 2.29. The van der Waals surface area contributed by atoms with Crippen LogP contribution in [0.1, 0.15) is 36.0 Å². The minimum absolute atomic E-state index is 0.0333. The molecule has 4 rings (SSSR count). The number of rotatable bonds is 5. The molecule has 166 valence electrons. The molecule has 0 spiro atoms. The monoisotopic (exact) mass is 470 g/mol. The third-order valence-corrected chi connectivity index (χ3v) is 6.70. The SMILES string of the molecule is O=C(C[C@@H]1SC(N2CCCCC2)=NC1=O)Nc1cccc(C(=O)Nc2ccc(Cl)cc2)c1. The maximum absolute atomic E-state index is 12.5. The minimum atomic E-state index is -0.511. The lowest BCUT2D eigenvalue weighted by molar-refractivity contribution is -0.121. The fourth-order valence-electron chi connectivity index (χ4n) is 3.58. The van der Waals surface area contributed by atoms with E-state index in [-0.39, 0.29) is 24.1 Å². The molecule has 0 radical (unpaired) electrons. The molecule has 1 fully saturated rings. The largest absolute Gasteiger partial charge is 0.351 e. The van der Waals surface area contributed by atoms with E-state index < -0.39 is 5.25 Å². The number of anilines is 2. The van der Waals surface area contributed by atoms with E-state index in [4.69, 9.17) is 11.6 Å². The van der Waals surface area contributed by atoms with Crippen LogP contribution in [0.4, 0.5) is 11.4 Å². The van der Waals surface area contributed by atoms with Crippen molar-refractivity contribution in [2.75, 3.05) is 23.7 Å². The first-order valence-corrected chi connectivity index (χ1v) is 11.7. The number of nitrogens with one attached hydrogen (secondary N) is 2. The molecule has 2 N–H and O–H groups in total. The Morgan fingerprint density at radius 3 is 2.53 bits per heavy atom. The molecule has 1 saturated heterocycles. The lowest BCUT2D eigenvalue weighted by Crippen LogP contribution is -2.33. The van der Waals surface area contributed by atoms with Crippen LogP contribution in [0.25, 0.3) is 0 Å². The smallest absolute Gasteiger partial charge is 0.262 e. The summed E-state index contributed by atoms with van der Waals surface area (Å²) in [6.45, 7) is 1.81. The first kappa shape index (κ1) is 22.4. The molecule has 1 atom stereocenters. The van der Waals surface area contributed by atoms with Crippen molar-refractivity contribution < 1.29 is 14.4 Å². The van der Waals surface area contributed by atoms with Crippen LogP contribution in [0, 0.1) is 0 Å². The Morgan fingerprint density at radius 1 is 1.03 bits per heavy atom. The molecular formula is C23H23ClN4O3S. The molecular weight excluding hydrogens is 448 g/mol. The first-order chi connectivity index (χ1) is 15.5. The Balaban J connectivity index is 1.32. The summed E-state index contributed by atoms with van der Waals surface area (Å²) >= 11 is 7.23. The number of amidine groups is 1. The van der Waals surface area contributed by atoms with Gasteiger partial charge in [0.05, 0.1) is 0 Å². The van der Waals surface area contributed by atoms with Crippen molar-refractivity contribution in [3.63, 3.8) is 0 Å². The molecule has 2 aromatic rings. The fourth-order valence-corrected chi connectivity index (χ4v) is 4.83. The van der Waals surface area contributed by atoms with Crippen LogP contribution in [-0.4, -0.2) is 46.1 Å². The Bertz CT molecular complexity index is 1050. The number of halogens is 1. The average molecular weight is 471 g/mol. The molecule has 3 amide bonds. The van der Waals surface area contributed by atoms with Crippen LogP contribution >= 0.6 is 23.4 Å². The summed E-state index contributed by atoms with van der Waals surface area (Å²) in [7, 11) is 0. The van der Waals surface area contributed by atoms with Gasteiger partial charge in [0.25, 0.3) is 11.8 Å². The molecule has 9 heteroatoms. The molecule has 2 aromatic carbocycles. The van der Waals surface area contributed by atoms with Gasteiger partial charge >= 0.3 is 0 Å². The summed E-state index contributed by atoms with van der Waals surface area (Å²) in [6.07, 6.45) is 3.43. The van der Waals surface area contributed by atoms with Gasteiger partial charge in [-0.25, -0.2) is 0 Å². The predicted molar refractivity (Wildman–Crippen MR) is 128 cm³/mol. The number of amides is 3. The highest BCUT2D eigenvalue weighted by atomic mass is 35.5. The van der Waals surface area contributed by atoms with Crippen LogP contribution < -0.4 is 10.6 Å². The Hall–Kier alpha value is -2.84. The van der Waals surface area contributed by atoms with Crippen LogP contribution in [-0.2, 0) is 9.59 Å². The number of benzene rings is 2. The second-order valence-corrected chi connectivity index (χ2v) is 9.29. The molecule has 0 unspecified atom stereocenters. The number of aliphatic imine (C=N–C) groups is 1. The summed E-state index contributed by atoms with van der Waals surface area (Å²) in [4.78, 5) is 43.6. The Labute approximate surface area is 195 Å². The number of nitrogens with zero attached hydrogens (tertiary/aromatic N) is 2. The molecule has 2 heterocycles. The van der Waals surface area contributed by atoms with Gasteiger partial charge in [-0.2, -0.15) is 4.99 Å². The summed E-state index contributed by atoms with van der Waals surface area (Å²) < 4.78 is 0. The first-order valence-electron chi connectivity index (χ1n) is 10.5. The average Bonchev–Trinajstić information content (AvgIpc) is 3.16. The maximum atomic E-state index is 12.5. The number of likely N-dealkylation sites (tertiary alicyclic amines) is 1. The molecule has 32 heavy (non-hydrogen) atoms. The van der Waals surface area contributed by atoms with Gasteiger partial charge in [-0.15, -0.1) is 0 Å². The third kappa shape index (κ3) is 5.69. The number of hydrogen-bond donors (Lipinski definition) is 2.